The lowest BCUT2D eigenvalue weighted by Crippen LogP contribution is -2.35. The molecule has 0 bridgehead atoms. The van der Waals surface area contributed by atoms with E-state index < -0.39 is 0 Å². The van der Waals surface area contributed by atoms with Gasteiger partial charge in [0.1, 0.15) is 4.83 Å². The Morgan fingerprint density at radius 1 is 1.31 bits per heavy atom. The minimum absolute atomic E-state index is 0.131. The fraction of sp³-hybridized carbons (Fsp3) is 0.429. The summed E-state index contributed by atoms with van der Waals surface area (Å²) in [7, 11) is 1.93. The van der Waals surface area contributed by atoms with Crippen molar-refractivity contribution in [2.24, 2.45) is 5.92 Å². The molecule has 136 valence electrons. The SMILES string of the molecule is Cc1ccc(Cn2nc(C)c3cc(C(=O)N(C)C(C)C4CC4)sc32)cc1. The summed E-state index contributed by atoms with van der Waals surface area (Å²) < 4.78 is 2.03. The van der Waals surface area contributed by atoms with Crippen molar-refractivity contribution in [2.75, 3.05) is 7.05 Å². The number of thiophene rings is 1. The van der Waals surface area contributed by atoms with Gasteiger partial charge in [0, 0.05) is 18.5 Å². The van der Waals surface area contributed by atoms with Gasteiger partial charge in [0.2, 0.25) is 0 Å². The quantitative estimate of drug-likeness (QED) is 0.659. The van der Waals surface area contributed by atoms with Crippen LogP contribution in [0.25, 0.3) is 10.2 Å². The molecule has 1 aromatic carbocycles. The molecule has 0 radical (unpaired) electrons. The van der Waals surface area contributed by atoms with E-state index in [0.29, 0.717) is 12.0 Å². The second-order valence-electron chi connectivity index (χ2n) is 7.55. The van der Waals surface area contributed by atoms with E-state index in [1.54, 1.807) is 11.3 Å². The lowest BCUT2D eigenvalue weighted by atomic mass is 10.1. The van der Waals surface area contributed by atoms with Gasteiger partial charge in [-0.15, -0.1) is 11.3 Å². The Balaban J connectivity index is 1.62. The molecule has 0 saturated heterocycles. The molecule has 0 N–H and O–H groups in total. The minimum Gasteiger partial charge on any atom is -0.338 e. The summed E-state index contributed by atoms with van der Waals surface area (Å²) in [6, 6.07) is 10.9. The molecular weight excluding hydrogens is 342 g/mol. The maximum atomic E-state index is 12.9. The third-order valence-electron chi connectivity index (χ3n) is 5.51. The Kier molecular flexibility index (Phi) is 4.35. The molecule has 1 aliphatic rings. The van der Waals surface area contributed by atoms with Crippen molar-refractivity contribution in [3.05, 3.63) is 52.0 Å². The highest BCUT2D eigenvalue weighted by molar-refractivity contribution is 7.20. The lowest BCUT2D eigenvalue weighted by molar-refractivity contribution is 0.0732. The van der Waals surface area contributed by atoms with Gasteiger partial charge in [0.05, 0.1) is 17.1 Å². The highest BCUT2D eigenvalue weighted by Crippen LogP contribution is 2.36. The van der Waals surface area contributed by atoms with Gasteiger partial charge in [-0.3, -0.25) is 9.48 Å². The van der Waals surface area contributed by atoms with E-state index >= 15 is 0 Å². The van der Waals surface area contributed by atoms with E-state index in [1.807, 2.05) is 29.6 Å². The number of carbonyl (C=O) groups is 1. The van der Waals surface area contributed by atoms with E-state index in [4.69, 9.17) is 0 Å². The lowest BCUT2D eigenvalue weighted by Gasteiger charge is -2.24. The first-order valence-corrected chi connectivity index (χ1v) is 10.1. The number of nitrogens with zero attached hydrogens (tertiary/aromatic N) is 3. The number of benzene rings is 1. The number of aryl methyl sites for hydroxylation is 2. The first-order valence-electron chi connectivity index (χ1n) is 9.23. The van der Waals surface area contributed by atoms with Gasteiger partial charge in [-0.1, -0.05) is 29.8 Å². The fourth-order valence-electron chi connectivity index (χ4n) is 3.45. The molecule has 1 saturated carbocycles. The van der Waals surface area contributed by atoms with Gasteiger partial charge in [-0.05, 0) is 51.2 Å². The molecule has 0 aliphatic heterocycles. The van der Waals surface area contributed by atoms with Crippen LogP contribution in [0.2, 0.25) is 0 Å². The highest BCUT2D eigenvalue weighted by atomic mass is 32.1. The van der Waals surface area contributed by atoms with Crippen LogP contribution in [-0.2, 0) is 6.54 Å². The molecule has 1 atom stereocenters. The molecule has 3 aromatic rings. The molecule has 1 fully saturated rings. The number of amides is 1. The molecule has 5 heteroatoms. The van der Waals surface area contributed by atoms with Crippen molar-refractivity contribution in [1.82, 2.24) is 14.7 Å². The summed E-state index contributed by atoms with van der Waals surface area (Å²) in [5.74, 6) is 0.809. The Hall–Kier alpha value is -2.14. The van der Waals surface area contributed by atoms with E-state index in [1.165, 1.54) is 24.0 Å². The summed E-state index contributed by atoms with van der Waals surface area (Å²) in [6.07, 6.45) is 2.49. The summed E-state index contributed by atoms with van der Waals surface area (Å²) in [5, 5.41) is 5.78. The summed E-state index contributed by atoms with van der Waals surface area (Å²) >= 11 is 1.56. The molecule has 2 aromatic heterocycles. The molecular formula is C21H25N3OS. The van der Waals surface area contributed by atoms with Crippen LogP contribution in [0.5, 0.6) is 0 Å². The van der Waals surface area contributed by atoms with Gasteiger partial charge in [0.15, 0.2) is 0 Å². The molecule has 1 amide bonds. The molecule has 4 nitrogen and oxygen atoms in total. The van der Waals surface area contributed by atoms with Crippen molar-refractivity contribution >= 4 is 27.5 Å². The average molecular weight is 368 g/mol. The first kappa shape index (κ1) is 17.3. The number of rotatable bonds is 5. The number of carbonyl (C=O) groups excluding carboxylic acids is 1. The van der Waals surface area contributed by atoms with E-state index in [-0.39, 0.29) is 5.91 Å². The van der Waals surface area contributed by atoms with Gasteiger partial charge in [-0.25, -0.2) is 0 Å². The second kappa shape index (κ2) is 6.54. The average Bonchev–Trinajstić information content (AvgIpc) is 3.32. The minimum atomic E-state index is 0.131. The summed E-state index contributed by atoms with van der Waals surface area (Å²) in [5.41, 5.74) is 3.47. The van der Waals surface area contributed by atoms with Gasteiger partial charge >= 0.3 is 0 Å². The van der Waals surface area contributed by atoms with Crippen LogP contribution >= 0.6 is 11.3 Å². The van der Waals surface area contributed by atoms with Gasteiger partial charge in [-0.2, -0.15) is 5.10 Å². The van der Waals surface area contributed by atoms with Crippen LogP contribution in [0.3, 0.4) is 0 Å². The van der Waals surface area contributed by atoms with E-state index in [0.717, 1.165) is 27.3 Å². The van der Waals surface area contributed by atoms with Crippen LogP contribution in [0, 0.1) is 19.8 Å². The smallest absolute Gasteiger partial charge is 0.264 e. The predicted octanol–water partition coefficient (Wildman–Crippen LogP) is 4.63. The Bertz CT molecular complexity index is 950. The van der Waals surface area contributed by atoms with E-state index in [9.17, 15) is 4.79 Å². The zero-order chi connectivity index (χ0) is 18.4. The largest absolute Gasteiger partial charge is 0.338 e. The number of hydrogen-bond donors (Lipinski definition) is 0. The van der Waals surface area contributed by atoms with Crippen molar-refractivity contribution in [3.63, 3.8) is 0 Å². The summed E-state index contributed by atoms with van der Waals surface area (Å²) in [4.78, 5) is 16.7. The fourth-order valence-corrected chi connectivity index (χ4v) is 4.59. The van der Waals surface area contributed by atoms with Crippen LogP contribution < -0.4 is 0 Å². The number of fused-ring (bicyclic) bond motifs is 1. The topological polar surface area (TPSA) is 38.1 Å². The predicted molar refractivity (Wildman–Crippen MR) is 107 cm³/mol. The Labute approximate surface area is 158 Å². The standard InChI is InChI=1S/C21H25N3OS/c1-13-5-7-16(8-6-13)12-24-21-18(14(2)22-24)11-19(26-21)20(25)23(4)15(3)17-9-10-17/h5-8,11,15,17H,9-10,12H2,1-4H3. The van der Waals surface area contributed by atoms with Crippen LogP contribution in [-0.4, -0.2) is 33.7 Å². The third kappa shape index (κ3) is 3.16. The Morgan fingerprint density at radius 3 is 2.65 bits per heavy atom. The highest BCUT2D eigenvalue weighted by Gasteiger charge is 2.33. The van der Waals surface area contributed by atoms with E-state index in [2.05, 4.69) is 43.2 Å². The Morgan fingerprint density at radius 2 is 2.00 bits per heavy atom. The second-order valence-corrected chi connectivity index (χ2v) is 8.58. The van der Waals surface area contributed by atoms with Gasteiger partial charge < -0.3 is 4.90 Å². The molecule has 1 aliphatic carbocycles. The molecule has 0 spiro atoms. The molecule has 1 unspecified atom stereocenters. The van der Waals surface area contributed by atoms with Gasteiger partial charge in [0.25, 0.3) is 5.91 Å². The first-order chi connectivity index (χ1) is 12.4. The van der Waals surface area contributed by atoms with Crippen LogP contribution in [0.15, 0.2) is 30.3 Å². The van der Waals surface area contributed by atoms with Crippen molar-refractivity contribution < 1.29 is 4.79 Å². The summed E-state index contributed by atoms with van der Waals surface area (Å²) in [6.45, 7) is 7.00. The maximum absolute atomic E-state index is 12.9. The van der Waals surface area contributed by atoms with Crippen molar-refractivity contribution in [2.45, 2.75) is 46.2 Å². The molecule has 2 heterocycles. The molecule has 26 heavy (non-hydrogen) atoms. The molecule has 4 rings (SSSR count). The maximum Gasteiger partial charge on any atom is 0.264 e. The normalized spacial score (nSPS) is 15.4. The number of aromatic nitrogens is 2. The van der Waals surface area contributed by atoms with Crippen molar-refractivity contribution in [1.29, 1.82) is 0 Å². The number of hydrogen-bond acceptors (Lipinski definition) is 3. The zero-order valence-electron chi connectivity index (χ0n) is 15.8. The van der Waals surface area contributed by atoms with Crippen molar-refractivity contribution in [3.8, 4) is 0 Å². The zero-order valence-corrected chi connectivity index (χ0v) is 16.6. The van der Waals surface area contributed by atoms with Crippen LogP contribution in [0.4, 0.5) is 0 Å². The monoisotopic (exact) mass is 367 g/mol. The third-order valence-corrected chi connectivity index (χ3v) is 6.64. The van der Waals surface area contributed by atoms with Crippen LogP contribution in [0.1, 0.15) is 46.3 Å².